The van der Waals surface area contributed by atoms with Gasteiger partial charge in [0, 0.05) is 5.39 Å². The number of hydrogen-bond acceptors (Lipinski definition) is 1. The first kappa shape index (κ1) is 12.5. The third-order valence-electron chi connectivity index (χ3n) is 4.73. The van der Waals surface area contributed by atoms with Crippen LogP contribution in [0.4, 0.5) is 0 Å². The van der Waals surface area contributed by atoms with E-state index in [1.807, 2.05) is 24.3 Å². The minimum atomic E-state index is 0.347. The summed E-state index contributed by atoms with van der Waals surface area (Å²) in [7, 11) is 0. The predicted molar refractivity (Wildman–Crippen MR) is 98.1 cm³/mol. The van der Waals surface area contributed by atoms with E-state index >= 15 is 0 Å². The van der Waals surface area contributed by atoms with Crippen molar-refractivity contribution < 1.29 is 5.11 Å². The molecule has 0 spiro atoms. The highest BCUT2D eigenvalue weighted by molar-refractivity contribution is 6.24. The Morgan fingerprint density at radius 2 is 1.04 bits per heavy atom. The molecule has 5 aromatic rings. The van der Waals surface area contributed by atoms with Crippen LogP contribution in [0.15, 0.2) is 78.9 Å². The fraction of sp³-hybridized carbons (Fsp3) is 0. The van der Waals surface area contributed by atoms with Crippen LogP contribution in [-0.4, -0.2) is 5.11 Å². The van der Waals surface area contributed by atoms with Gasteiger partial charge in [0.25, 0.3) is 0 Å². The number of phenolic OH excluding ortho intramolecular Hbond substituents is 1. The molecular formula is C22H14O. The van der Waals surface area contributed by atoms with Crippen molar-refractivity contribution in [2.45, 2.75) is 0 Å². The number of rotatable bonds is 0. The molecule has 0 unspecified atom stereocenters. The molecule has 0 heterocycles. The Hall–Kier alpha value is -3.06. The number of aromatic hydroxyl groups is 1. The summed E-state index contributed by atoms with van der Waals surface area (Å²) < 4.78 is 0. The van der Waals surface area contributed by atoms with Gasteiger partial charge in [0.2, 0.25) is 0 Å². The zero-order valence-corrected chi connectivity index (χ0v) is 12.5. The minimum absolute atomic E-state index is 0.347. The van der Waals surface area contributed by atoms with Crippen LogP contribution < -0.4 is 0 Å². The van der Waals surface area contributed by atoms with Gasteiger partial charge in [-0.3, -0.25) is 0 Å². The van der Waals surface area contributed by atoms with Crippen LogP contribution in [-0.2, 0) is 0 Å². The lowest BCUT2D eigenvalue weighted by atomic mass is 9.94. The minimum Gasteiger partial charge on any atom is -0.507 e. The van der Waals surface area contributed by atoms with E-state index in [1.165, 1.54) is 21.5 Å². The van der Waals surface area contributed by atoms with Crippen LogP contribution in [0.1, 0.15) is 0 Å². The summed E-state index contributed by atoms with van der Waals surface area (Å²) in [6, 6.07) is 27.0. The summed E-state index contributed by atoms with van der Waals surface area (Å²) in [5.41, 5.74) is 0. The molecule has 1 heteroatoms. The maximum absolute atomic E-state index is 10.6. The van der Waals surface area contributed by atoms with Crippen LogP contribution in [0.3, 0.4) is 0 Å². The normalized spacial score (nSPS) is 11.7. The molecule has 1 N–H and O–H groups in total. The highest BCUT2D eigenvalue weighted by Crippen LogP contribution is 2.39. The molecule has 5 rings (SSSR count). The van der Waals surface area contributed by atoms with Gasteiger partial charge in [-0.05, 0) is 43.8 Å². The monoisotopic (exact) mass is 294 g/mol. The molecule has 23 heavy (non-hydrogen) atoms. The Morgan fingerprint density at radius 3 is 1.87 bits per heavy atom. The van der Waals surface area contributed by atoms with Crippen molar-refractivity contribution in [3.05, 3.63) is 78.9 Å². The molecular weight excluding hydrogens is 280 g/mol. The maximum atomic E-state index is 10.6. The highest BCUT2D eigenvalue weighted by atomic mass is 16.3. The molecule has 108 valence electrons. The van der Waals surface area contributed by atoms with Gasteiger partial charge in [0.05, 0.1) is 0 Å². The largest absolute Gasteiger partial charge is 0.507 e. The topological polar surface area (TPSA) is 20.2 Å². The highest BCUT2D eigenvalue weighted by Gasteiger charge is 2.10. The Labute approximate surface area is 133 Å². The molecule has 0 aliphatic rings. The summed E-state index contributed by atoms with van der Waals surface area (Å²) in [4.78, 5) is 0. The van der Waals surface area contributed by atoms with Gasteiger partial charge < -0.3 is 5.11 Å². The van der Waals surface area contributed by atoms with Gasteiger partial charge in [-0.15, -0.1) is 0 Å². The molecule has 0 saturated carbocycles. The van der Waals surface area contributed by atoms with Crippen LogP contribution in [0.25, 0.3) is 43.1 Å². The van der Waals surface area contributed by atoms with Crippen molar-refractivity contribution in [2.75, 3.05) is 0 Å². The fourth-order valence-electron chi connectivity index (χ4n) is 3.68. The predicted octanol–water partition coefficient (Wildman–Crippen LogP) is 6.01. The fourth-order valence-corrected chi connectivity index (χ4v) is 3.68. The van der Waals surface area contributed by atoms with Crippen molar-refractivity contribution in [2.24, 2.45) is 0 Å². The quantitative estimate of drug-likeness (QED) is 0.347. The second kappa shape index (κ2) is 4.47. The summed E-state index contributed by atoms with van der Waals surface area (Å²) in [5, 5.41) is 19.6. The standard InChI is InChI=1S/C22H14O/c23-21-13-15-6-2-4-8-17(15)19-12-11-18-16-7-3-1-5-14(16)9-10-20(18)22(19)21/h1-13,23H. The van der Waals surface area contributed by atoms with E-state index < -0.39 is 0 Å². The lowest BCUT2D eigenvalue weighted by molar-refractivity contribution is 0.483. The molecule has 0 atom stereocenters. The first-order valence-electron chi connectivity index (χ1n) is 7.78. The van der Waals surface area contributed by atoms with Gasteiger partial charge in [-0.2, -0.15) is 0 Å². The Bertz CT molecular complexity index is 1220. The van der Waals surface area contributed by atoms with E-state index in [0.29, 0.717) is 5.75 Å². The van der Waals surface area contributed by atoms with Gasteiger partial charge in [0.1, 0.15) is 5.75 Å². The van der Waals surface area contributed by atoms with Crippen molar-refractivity contribution in [1.82, 2.24) is 0 Å². The molecule has 0 aliphatic carbocycles. The van der Waals surface area contributed by atoms with Gasteiger partial charge in [-0.25, -0.2) is 0 Å². The summed E-state index contributed by atoms with van der Waals surface area (Å²) in [6.45, 7) is 0. The summed E-state index contributed by atoms with van der Waals surface area (Å²) in [6.07, 6.45) is 0. The van der Waals surface area contributed by atoms with E-state index in [-0.39, 0.29) is 0 Å². The van der Waals surface area contributed by atoms with Gasteiger partial charge >= 0.3 is 0 Å². The zero-order valence-electron chi connectivity index (χ0n) is 12.5. The molecule has 0 bridgehead atoms. The third-order valence-corrected chi connectivity index (χ3v) is 4.73. The van der Waals surface area contributed by atoms with E-state index in [4.69, 9.17) is 0 Å². The van der Waals surface area contributed by atoms with Crippen molar-refractivity contribution >= 4 is 43.1 Å². The SMILES string of the molecule is Oc1cc2ccccc2c2ccc3c4ccccc4ccc3c12. The van der Waals surface area contributed by atoms with E-state index in [2.05, 4.69) is 54.6 Å². The van der Waals surface area contributed by atoms with Crippen LogP contribution in [0, 0.1) is 0 Å². The molecule has 0 aliphatic heterocycles. The number of fused-ring (bicyclic) bond motifs is 7. The van der Waals surface area contributed by atoms with E-state index in [0.717, 1.165) is 21.5 Å². The number of hydrogen-bond donors (Lipinski definition) is 1. The van der Waals surface area contributed by atoms with Crippen LogP contribution in [0.2, 0.25) is 0 Å². The molecule has 0 saturated heterocycles. The lowest BCUT2D eigenvalue weighted by Crippen LogP contribution is -1.83. The first-order valence-corrected chi connectivity index (χ1v) is 7.78. The average Bonchev–Trinajstić information content (AvgIpc) is 2.61. The van der Waals surface area contributed by atoms with Crippen molar-refractivity contribution in [3.8, 4) is 5.75 Å². The van der Waals surface area contributed by atoms with E-state index in [1.54, 1.807) is 0 Å². The second-order valence-corrected chi connectivity index (χ2v) is 5.99. The van der Waals surface area contributed by atoms with Crippen LogP contribution >= 0.6 is 0 Å². The summed E-state index contributed by atoms with van der Waals surface area (Å²) in [5.74, 6) is 0.347. The zero-order chi connectivity index (χ0) is 15.4. The molecule has 0 fully saturated rings. The molecule has 5 aromatic carbocycles. The molecule has 1 nitrogen and oxygen atoms in total. The number of benzene rings is 5. The Morgan fingerprint density at radius 1 is 0.478 bits per heavy atom. The van der Waals surface area contributed by atoms with Crippen LogP contribution in [0.5, 0.6) is 5.75 Å². The maximum Gasteiger partial charge on any atom is 0.124 e. The van der Waals surface area contributed by atoms with Crippen molar-refractivity contribution in [1.29, 1.82) is 0 Å². The lowest BCUT2D eigenvalue weighted by Gasteiger charge is -2.11. The third kappa shape index (κ3) is 1.68. The summed E-state index contributed by atoms with van der Waals surface area (Å²) >= 11 is 0. The first-order chi connectivity index (χ1) is 11.3. The molecule has 0 amide bonds. The number of phenols is 1. The second-order valence-electron chi connectivity index (χ2n) is 5.99. The molecule has 0 radical (unpaired) electrons. The Kier molecular flexibility index (Phi) is 2.42. The molecule has 0 aromatic heterocycles. The Balaban J connectivity index is 2.08. The smallest absolute Gasteiger partial charge is 0.124 e. The average molecular weight is 294 g/mol. The van der Waals surface area contributed by atoms with Gasteiger partial charge in [0.15, 0.2) is 0 Å². The van der Waals surface area contributed by atoms with Gasteiger partial charge in [-0.1, -0.05) is 72.8 Å². The van der Waals surface area contributed by atoms with E-state index in [9.17, 15) is 5.11 Å². The van der Waals surface area contributed by atoms with Crippen molar-refractivity contribution in [3.63, 3.8) is 0 Å².